The first-order valence-electron chi connectivity index (χ1n) is 8.19. The van der Waals surface area contributed by atoms with Gasteiger partial charge in [0.25, 0.3) is 0 Å². The van der Waals surface area contributed by atoms with Gasteiger partial charge < -0.3 is 5.11 Å². The second-order valence-electron chi connectivity index (χ2n) is 6.59. The summed E-state index contributed by atoms with van der Waals surface area (Å²) in [6.07, 6.45) is 7.03. The molecule has 1 fully saturated rings. The molecule has 0 heterocycles. The van der Waals surface area contributed by atoms with Gasteiger partial charge in [0.05, 0.1) is 0 Å². The normalized spacial score (nSPS) is 20.6. The summed E-state index contributed by atoms with van der Waals surface area (Å²) in [5, 5.41) is 11.8. The maximum atomic E-state index is 11.8. The van der Waals surface area contributed by atoms with Crippen LogP contribution in [0.4, 0.5) is 0 Å². The van der Waals surface area contributed by atoms with E-state index in [0.717, 1.165) is 30.4 Å². The Morgan fingerprint density at radius 3 is 1.86 bits per heavy atom. The van der Waals surface area contributed by atoms with Crippen LogP contribution < -0.4 is 0 Å². The summed E-state index contributed by atoms with van der Waals surface area (Å²) in [6, 6.07) is 17.0. The molecule has 2 aromatic rings. The molecule has 2 aliphatic rings. The molecule has 0 unspecified atom stereocenters. The van der Waals surface area contributed by atoms with Crippen molar-refractivity contribution >= 4 is 0 Å². The third kappa shape index (κ3) is 1.95. The molecule has 2 aromatic carbocycles. The van der Waals surface area contributed by atoms with Crippen molar-refractivity contribution in [2.75, 3.05) is 0 Å². The highest BCUT2D eigenvalue weighted by Gasteiger charge is 2.44. The molecule has 0 radical (unpaired) electrons. The summed E-state index contributed by atoms with van der Waals surface area (Å²) in [6.45, 7) is 0. The van der Waals surface area contributed by atoms with Gasteiger partial charge in [0.2, 0.25) is 0 Å². The maximum absolute atomic E-state index is 11.8. The van der Waals surface area contributed by atoms with Crippen LogP contribution >= 0.6 is 0 Å². The van der Waals surface area contributed by atoms with Crippen LogP contribution in [0.5, 0.6) is 0 Å². The summed E-state index contributed by atoms with van der Waals surface area (Å²) in [5.41, 5.74) is 4.10. The van der Waals surface area contributed by atoms with Crippen molar-refractivity contribution in [3.8, 4) is 0 Å². The largest absolute Gasteiger partial charge is 0.380 e. The van der Waals surface area contributed by atoms with E-state index in [1.807, 2.05) is 0 Å². The van der Waals surface area contributed by atoms with Crippen molar-refractivity contribution in [1.82, 2.24) is 0 Å². The molecular weight excluding hydrogens is 256 g/mol. The van der Waals surface area contributed by atoms with Gasteiger partial charge in [0, 0.05) is 0 Å². The quantitative estimate of drug-likeness (QED) is 0.819. The lowest BCUT2D eigenvalue weighted by atomic mass is 9.65. The van der Waals surface area contributed by atoms with E-state index < -0.39 is 5.60 Å². The molecule has 1 saturated carbocycles. The molecule has 1 N–H and O–H groups in total. The summed E-state index contributed by atoms with van der Waals surface area (Å²) in [4.78, 5) is 0. The Labute approximate surface area is 126 Å². The van der Waals surface area contributed by atoms with Gasteiger partial charge in [-0.3, -0.25) is 0 Å². The predicted molar refractivity (Wildman–Crippen MR) is 85.3 cm³/mol. The standard InChI is InChI=1S/C20H22O/c21-20(17-10-2-1-3-11-17)18-12-6-4-8-15(18)14-16-9-5-7-13-19(16)20/h4-9,12-13,17,21H,1-3,10-11,14H2. The number of fused-ring (bicyclic) bond motifs is 2. The molecule has 0 aliphatic heterocycles. The van der Waals surface area contributed by atoms with E-state index >= 15 is 0 Å². The fourth-order valence-electron chi connectivity index (χ4n) is 4.40. The number of aliphatic hydroxyl groups is 1. The van der Waals surface area contributed by atoms with Gasteiger partial charge in [-0.15, -0.1) is 0 Å². The minimum Gasteiger partial charge on any atom is -0.380 e. The van der Waals surface area contributed by atoms with Gasteiger partial charge >= 0.3 is 0 Å². The first kappa shape index (κ1) is 13.1. The van der Waals surface area contributed by atoms with E-state index in [2.05, 4.69) is 48.5 Å². The zero-order valence-corrected chi connectivity index (χ0v) is 12.4. The van der Waals surface area contributed by atoms with E-state index in [4.69, 9.17) is 0 Å². The van der Waals surface area contributed by atoms with Crippen LogP contribution in [0.3, 0.4) is 0 Å². The first-order valence-corrected chi connectivity index (χ1v) is 8.19. The van der Waals surface area contributed by atoms with Gasteiger partial charge in [0.1, 0.15) is 5.60 Å². The molecule has 1 heteroatoms. The highest BCUT2D eigenvalue weighted by atomic mass is 16.3. The van der Waals surface area contributed by atoms with Crippen LogP contribution in [0.1, 0.15) is 54.4 Å². The van der Waals surface area contributed by atoms with Crippen molar-refractivity contribution in [2.45, 2.75) is 44.1 Å². The molecule has 4 rings (SSSR count). The van der Waals surface area contributed by atoms with Gasteiger partial charge in [-0.1, -0.05) is 67.8 Å². The predicted octanol–water partition coefficient (Wildman–Crippen LogP) is 4.41. The zero-order valence-electron chi connectivity index (χ0n) is 12.4. The van der Waals surface area contributed by atoms with Crippen LogP contribution in [-0.2, 0) is 12.0 Å². The molecular formula is C20H22O. The Morgan fingerprint density at radius 1 is 0.762 bits per heavy atom. The van der Waals surface area contributed by atoms with Gasteiger partial charge in [-0.2, -0.15) is 0 Å². The molecule has 1 nitrogen and oxygen atoms in total. The molecule has 0 aromatic heterocycles. The molecule has 2 aliphatic carbocycles. The van der Waals surface area contributed by atoms with E-state index in [1.54, 1.807) is 0 Å². The Hall–Kier alpha value is -1.60. The van der Waals surface area contributed by atoms with E-state index in [1.165, 1.54) is 30.4 Å². The van der Waals surface area contributed by atoms with Crippen molar-refractivity contribution in [2.24, 2.45) is 5.92 Å². The van der Waals surface area contributed by atoms with Gasteiger partial charge in [0.15, 0.2) is 0 Å². The van der Waals surface area contributed by atoms with Crippen LogP contribution in [0.15, 0.2) is 48.5 Å². The van der Waals surface area contributed by atoms with Gasteiger partial charge in [-0.05, 0) is 47.4 Å². The lowest BCUT2D eigenvalue weighted by molar-refractivity contribution is -0.00392. The minimum atomic E-state index is -0.786. The summed E-state index contributed by atoms with van der Waals surface area (Å²) < 4.78 is 0. The van der Waals surface area contributed by atoms with Crippen LogP contribution in [-0.4, -0.2) is 5.11 Å². The third-order valence-electron chi connectivity index (χ3n) is 5.43. The Bertz CT molecular complexity index is 607. The summed E-state index contributed by atoms with van der Waals surface area (Å²) >= 11 is 0. The zero-order chi connectivity index (χ0) is 14.3. The second kappa shape index (κ2) is 4.99. The molecule has 0 atom stereocenters. The third-order valence-corrected chi connectivity index (χ3v) is 5.43. The highest BCUT2D eigenvalue weighted by Crippen LogP contribution is 2.48. The number of benzene rings is 2. The lowest BCUT2D eigenvalue weighted by Crippen LogP contribution is -2.41. The molecule has 0 saturated heterocycles. The minimum absolute atomic E-state index is 0.355. The molecule has 108 valence electrons. The molecule has 0 amide bonds. The van der Waals surface area contributed by atoms with Crippen LogP contribution in [0.2, 0.25) is 0 Å². The molecule has 21 heavy (non-hydrogen) atoms. The lowest BCUT2D eigenvalue weighted by Gasteiger charge is -2.44. The molecule has 0 bridgehead atoms. The number of hydrogen-bond acceptors (Lipinski definition) is 1. The fraction of sp³-hybridized carbons (Fsp3) is 0.400. The van der Waals surface area contributed by atoms with E-state index in [9.17, 15) is 5.11 Å². The van der Waals surface area contributed by atoms with Crippen molar-refractivity contribution in [3.63, 3.8) is 0 Å². The van der Waals surface area contributed by atoms with E-state index in [0.29, 0.717) is 5.92 Å². The van der Waals surface area contributed by atoms with Crippen molar-refractivity contribution in [1.29, 1.82) is 0 Å². The average Bonchev–Trinajstić information content (AvgIpc) is 2.56. The average molecular weight is 278 g/mol. The SMILES string of the molecule is OC1(C2CCCCC2)c2ccccc2Cc2ccccc21. The Kier molecular flexibility index (Phi) is 3.11. The summed E-state index contributed by atoms with van der Waals surface area (Å²) in [5.74, 6) is 0.355. The van der Waals surface area contributed by atoms with E-state index in [-0.39, 0.29) is 0 Å². The number of rotatable bonds is 1. The Balaban J connectivity index is 1.92. The Morgan fingerprint density at radius 2 is 1.29 bits per heavy atom. The van der Waals surface area contributed by atoms with Gasteiger partial charge in [-0.25, -0.2) is 0 Å². The maximum Gasteiger partial charge on any atom is 0.118 e. The topological polar surface area (TPSA) is 20.2 Å². The van der Waals surface area contributed by atoms with Crippen LogP contribution in [0.25, 0.3) is 0 Å². The van der Waals surface area contributed by atoms with Crippen LogP contribution in [0, 0.1) is 5.92 Å². The van der Waals surface area contributed by atoms with Crippen molar-refractivity contribution in [3.05, 3.63) is 70.8 Å². The summed E-state index contributed by atoms with van der Waals surface area (Å²) in [7, 11) is 0. The second-order valence-corrected chi connectivity index (χ2v) is 6.59. The monoisotopic (exact) mass is 278 g/mol. The fourth-order valence-corrected chi connectivity index (χ4v) is 4.40. The van der Waals surface area contributed by atoms with Crippen molar-refractivity contribution < 1.29 is 5.11 Å². The number of hydrogen-bond donors (Lipinski definition) is 1. The first-order chi connectivity index (χ1) is 10.3. The molecule has 0 spiro atoms. The highest BCUT2D eigenvalue weighted by molar-refractivity contribution is 5.52. The smallest absolute Gasteiger partial charge is 0.118 e.